The van der Waals surface area contributed by atoms with E-state index in [1.807, 2.05) is 19.1 Å². The fourth-order valence-electron chi connectivity index (χ4n) is 3.10. The Bertz CT molecular complexity index is 655. The van der Waals surface area contributed by atoms with Crippen LogP contribution >= 0.6 is 0 Å². The van der Waals surface area contributed by atoms with Crippen LogP contribution in [0.25, 0.3) is 0 Å². The van der Waals surface area contributed by atoms with E-state index in [1.54, 1.807) is 14.2 Å². The SMILES string of the molecule is COC(=O)CC[C@]1(C)O[C@H](C(=O)OC)Cc2cc(OC)c(OC)cc21. The maximum Gasteiger partial charge on any atom is 0.335 e. The third kappa shape index (κ3) is 3.87. The number of carbonyl (C=O) groups excluding carboxylic acids is 2. The summed E-state index contributed by atoms with van der Waals surface area (Å²) >= 11 is 0. The van der Waals surface area contributed by atoms with Gasteiger partial charge < -0.3 is 23.7 Å². The van der Waals surface area contributed by atoms with Crippen LogP contribution in [0.1, 0.15) is 30.9 Å². The topological polar surface area (TPSA) is 80.3 Å². The summed E-state index contributed by atoms with van der Waals surface area (Å²) in [6.45, 7) is 1.84. The van der Waals surface area contributed by atoms with Gasteiger partial charge in [-0.05, 0) is 36.6 Å². The molecule has 0 N–H and O–H groups in total. The minimum Gasteiger partial charge on any atom is -0.493 e. The monoisotopic (exact) mass is 352 g/mol. The minimum absolute atomic E-state index is 0.161. The van der Waals surface area contributed by atoms with Gasteiger partial charge in [0.05, 0.1) is 34.0 Å². The van der Waals surface area contributed by atoms with Crippen LogP contribution in [0.5, 0.6) is 11.5 Å². The van der Waals surface area contributed by atoms with Crippen LogP contribution in [-0.4, -0.2) is 46.5 Å². The zero-order valence-electron chi connectivity index (χ0n) is 15.2. The molecule has 1 heterocycles. The molecule has 0 aromatic heterocycles. The van der Waals surface area contributed by atoms with Crippen molar-refractivity contribution in [2.24, 2.45) is 0 Å². The molecule has 0 spiro atoms. The Labute approximate surface area is 147 Å². The maximum absolute atomic E-state index is 12.0. The Hall–Kier alpha value is -2.28. The van der Waals surface area contributed by atoms with E-state index in [0.29, 0.717) is 24.3 Å². The van der Waals surface area contributed by atoms with E-state index in [4.69, 9.17) is 23.7 Å². The molecule has 0 saturated carbocycles. The van der Waals surface area contributed by atoms with Gasteiger partial charge in [-0.1, -0.05) is 0 Å². The van der Waals surface area contributed by atoms with Gasteiger partial charge in [0, 0.05) is 12.8 Å². The molecule has 0 unspecified atom stereocenters. The Morgan fingerprint density at radius 3 is 2.32 bits per heavy atom. The second-order valence-electron chi connectivity index (χ2n) is 6.01. The summed E-state index contributed by atoms with van der Waals surface area (Å²) in [5, 5.41) is 0. The first-order valence-electron chi connectivity index (χ1n) is 7.96. The maximum atomic E-state index is 12.0. The normalized spacial score (nSPS) is 21.9. The van der Waals surface area contributed by atoms with E-state index in [-0.39, 0.29) is 12.4 Å². The van der Waals surface area contributed by atoms with Gasteiger partial charge in [0.2, 0.25) is 0 Å². The molecule has 1 aliphatic heterocycles. The quantitative estimate of drug-likeness (QED) is 0.724. The molecule has 0 radical (unpaired) electrons. The Kier molecular flexibility index (Phi) is 5.89. The lowest BCUT2D eigenvalue weighted by Crippen LogP contribution is -2.43. The third-order valence-corrected chi connectivity index (χ3v) is 4.48. The molecular weight excluding hydrogens is 328 g/mol. The van der Waals surface area contributed by atoms with Crippen LogP contribution in [0, 0.1) is 0 Å². The first-order valence-corrected chi connectivity index (χ1v) is 7.96. The second kappa shape index (κ2) is 7.74. The lowest BCUT2D eigenvalue weighted by Gasteiger charge is -2.39. The van der Waals surface area contributed by atoms with Gasteiger partial charge >= 0.3 is 11.9 Å². The first-order chi connectivity index (χ1) is 11.9. The number of ether oxygens (including phenoxy) is 5. The summed E-state index contributed by atoms with van der Waals surface area (Å²) < 4.78 is 26.3. The highest BCUT2D eigenvalue weighted by atomic mass is 16.6. The van der Waals surface area contributed by atoms with Crippen LogP contribution in [0.3, 0.4) is 0 Å². The highest BCUT2D eigenvalue weighted by Crippen LogP contribution is 2.44. The zero-order chi connectivity index (χ0) is 18.6. The number of esters is 2. The molecule has 0 saturated heterocycles. The Morgan fingerprint density at radius 1 is 1.12 bits per heavy atom. The van der Waals surface area contributed by atoms with Crippen molar-refractivity contribution in [1.82, 2.24) is 0 Å². The number of benzene rings is 1. The smallest absolute Gasteiger partial charge is 0.335 e. The van der Waals surface area contributed by atoms with Crippen LogP contribution < -0.4 is 9.47 Å². The van der Waals surface area contributed by atoms with Crippen molar-refractivity contribution in [1.29, 1.82) is 0 Å². The highest BCUT2D eigenvalue weighted by Gasteiger charge is 2.41. The summed E-state index contributed by atoms with van der Waals surface area (Å²) in [5.74, 6) is 0.338. The zero-order valence-corrected chi connectivity index (χ0v) is 15.2. The van der Waals surface area contributed by atoms with Crippen molar-refractivity contribution < 1.29 is 33.3 Å². The number of carbonyl (C=O) groups is 2. The second-order valence-corrected chi connectivity index (χ2v) is 6.01. The Balaban J connectivity index is 2.47. The summed E-state index contributed by atoms with van der Waals surface area (Å²) in [6.07, 6.45) is 0.124. The Morgan fingerprint density at radius 2 is 1.76 bits per heavy atom. The van der Waals surface area contributed by atoms with Crippen molar-refractivity contribution in [3.63, 3.8) is 0 Å². The van der Waals surface area contributed by atoms with Crippen LogP contribution in [0.15, 0.2) is 12.1 Å². The van der Waals surface area contributed by atoms with E-state index in [1.165, 1.54) is 14.2 Å². The fourth-order valence-corrected chi connectivity index (χ4v) is 3.10. The van der Waals surface area contributed by atoms with Crippen molar-refractivity contribution in [3.05, 3.63) is 23.3 Å². The number of hydrogen-bond donors (Lipinski definition) is 0. The predicted octanol–water partition coefficient (Wildman–Crippen LogP) is 1.99. The first kappa shape index (κ1) is 19.1. The molecule has 1 aromatic rings. The van der Waals surface area contributed by atoms with Crippen LogP contribution in [0.2, 0.25) is 0 Å². The minimum atomic E-state index is -0.861. The molecule has 7 nitrogen and oxygen atoms in total. The average molecular weight is 352 g/mol. The van der Waals surface area contributed by atoms with Crippen molar-refractivity contribution in [3.8, 4) is 11.5 Å². The molecule has 2 rings (SSSR count). The molecular formula is C18H24O7. The molecule has 2 atom stereocenters. The van der Waals surface area contributed by atoms with Crippen molar-refractivity contribution >= 4 is 11.9 Å². The lowest BCUT2D eigenvalue weighted by molar-refractivity contribution is -0.172. The summed E-state index contributed by atoms with van der Waals surface area (Å²) in [4.78, 5) is 23.6. The van der Waals surface area contributed by atoms with E-state index >= 15 is 0 Å². The largest absolute Gasteiger partial charge is 0.493 e. The van der Waals surface area contributed by atoms with Crippen molar-refractivity contribution in [2.75, 3.05) is 28.4 Å². The highest BCUT2D eigenvalue weighted by molar-refractivity contribution is 5.76. The molecule has 1 aliphatic rings. The van der Waals surface area contributed by atoms with Gasteiger partial charge in [-0.15, -0.1) is 0 Å². The number of methoxy groups -OCH3 is 4. The molecule has 1 aromatic carbocycles. The van der Waals surface area contributed by atoms with E-state index in [0.717, 1.165) is 11.1 Å². The van der Waals surface area contributed by atoms with Gasteiger partial charge in [0.15, 0.2) is 17.6 Å². The average Bonchev–Trinajstić information content (AvgIpc) is 2.64. The molecule has 138 valence electrons. The molecule has 0 fully saturated rings. The number of fused-ring (bicyclic) bond motifs is 1. The van der Waals surface area contributed by atoms with E-state index in [2.05, 4.69) is 0 Å². The molecule has 25 heavy (non-hydrogen) atoms. The van der Waals surface area contributed by atoms with Crippen LogP contribution in [-0.2, 0) is 35.8 Å². The molecule has 0 amide bonds. The van der Waals surface area contributed by atoms with Crippen molar-refractivity contribution in [2.45, 2.75) is 37.9 Å². The van der Waals surface area contributed by atoms with Gasteiger partial charge in [-0.25, -0.2) is 4.79 Å². The van der Waals surface area contributed by atoms with E-state index < -0.39 is 17.7 Å². The molecule has 0 bridgehead atoms. The number of hydrogen-bond acceptors (Lipinski definition) is 7. The van der Waals surface area contributed by atoms with Crippen LogP contribution in [0.4, 0.5) is 0 Å². The van der Waals surface area contributed by atoms with Gasteiger partial charge in [0.1, 0.15) is 0 Å². The van der Waals surface area contributed by atoms with Gasteiger partial charge in [-0.3, -0.25) is 4.79 Å². The number of rotatable bonds is 6. The fraction of sp³-hybridized carbons (Fsp3) is 0.556. The van der Waals surface area contributed by atoms with E-state index in [9.17, 15) is 9.59 Å². The third-order valence-electron chi connectivity index (χ3n) is 4.48. The summed E-state index contributed by atoms with van der Waals surface area (Å²) in [6, 6.07) is 3.67. The molecule has 7 heteroatoms. The lowest BCUT2D eigenvalue weighted by atomic mass is 9.82. The molecule has 0 aliphatic carbocycles. The predicted molar refractivity (Wildman–Crippen MR) is 88.7 cm³/mol. The standard InChI is InChI=1S/C18H24O7/c1-18(7-6-16(19)23-4)12-10-14(22-3)13(21-2)8-11(12)9-15(25-18)17(20)24-5/h8,10,15H,6-7,9H2,1-5H3/t15-,18-/m0/s1. The summed E-state index contributed by atoms with van der Waals surface area (Å²) in [5.41, 5.74) is 0.890. The van der Waals surface area contributed by atoms with Gasteiger partial charge in [0.25, 0.3) is 0 Å². The van der Waals surface area contributed by atoms with Gasteiger partial charge in [-0.2, -0.15) is 0 Å². The summed E-state index contributed by atoms with van der Waals surface area (Å²) in [7, 11) is 5.77.